The highest BCUT2D eigenvalue weighted by Crippen LogP contribution is 2.09. The number of esters is 2. The van der Waals surface area contributed by atoms with E-state index in [1.807, 2.05) is 12.1 Å². The van der Waals surface area contributed by atoms with E-state index in [0.717, 1.165) is 11.1 Å². The maximum Gasteiger partial charge on any atom is 0.335 e. The van der Waals surface area contributed by atoms with Gasteiger partial charge in [0.15, 0.2) is 0 Å². The van der Waals surface area contributed by atoms with Gasteiger partial charge in [-0.1, -0.05) is 60.7 Å². The lowest BCUT2D eigenvalue weighted by Crippen LogP contribution is -2.26. The second-order valence-corrected chi connectivity index (χ2v) is 4.75. The number of hydrogen-bond acceptors (Lipinski definition) is 5. The number of rotatable bonds is 6. The van der Waals surface area contributed by atoms with Crippen molar-refractivity contribution in [3.8, 4) is 6.07 Å². The summed E-state index contributed by atoms with van der Waals surface area (Å²) in [5, 5.41) is 9.01. The molecule has 0 spiro atoms. The molecule has 0 saturated carbocycles. The average Bonchev–Trinajstić information content (AvgIpc) is 2.60. The average molecular weight is 309 g/mol. The topological polar surface area (TPSA) is 76.4 Å². The number of benzene rings is 2. The molecule has 0 unspecified atom stereocenters. The van der Waals surface area contributed by atoms with Gasteiger partial charge >= 0.3 is 11.9 Å². The van der Waals surface area contributed by atoms with Crippen LogP contribution in [0.2, 0.25) is 0 Å². The second kappa shape index (κ2) is 8.35. The van der Waals surface area contributed by atoms with Crippen molar-refractivity contribution < 1.29 is 19.1 Å². The number of carbonyl (C=O) groups excluding carboxylic acids is 2. The van der Waals surface area contributed by atoms with Crippen molar-refractivity contribution in [3.63, 3.8) is 0 Å². The Bertz CT molecular complexity index is 636. The smallest absolute Gasteiger partial charge is 0.335 e. The van der Waals surface area contributed by atoms with Gasteiger partial charge in [0.25, 0.3) is 0 Å². The molecule has 0 atom stereocenters. The van der Waals surface area contributed by atoms with E-state index in [1.165, 1.54) is 0 Å². The number of carbonyl (C=O) groups is 2. The summed E-state index contributed by atoms with van der Waals surface area (Å²) in [5.41, 5.74) is 1.55. The van der Waals surface area contributed by atoms with Crippen LogP contribution in [0.25, 0.3) is 0 Å². The van der Waals surface area contributed by atoms with Gasteiger partial charge in [-0.2, -0.15) is 5.26 Å². The molecule has 0 N–H and O–H groups in total. The van der Waals surface area contributed by atoms with E-state index >= 15 is 0 Å². The molecule has 2 aromatic rings. The fourth-order valence-corrected chi connectivity index (χ4v) is 1.83. The largest absolute Gasteiger partial charge is 0.459 e. The number of nitrogens with zero attached hydrogens (tertiary/aromatic N) is 1. The standard InChI is InChI=1S/C18H15NO4/c19-11-16(17(20)22-12-14-7-3-1-4-8-14)18(21)23-13-15-9-5-2-6-10-15/h1-10,16H,12-13H2. The third-order valence-electron chi connectivity index (χ3n) is 3.05. The minimum Gasteiger partial charge on any atom is -0.459 e. The van der Waals surface area contributed by atoms with Crippen molar-refractivity contribution >= 4 is 11.9 Å². The molecule has 0 heterocycles. The van der Waals surface area contributed by atoms with Gasteiger partial charge in [0.1, 0.15) is 13.2 Å². The summed E-state index contributed by atoms with van der Waals surface area (Å²) in [6, 6.07) is 19.6. The first kappa shape index (κ1) is 16.2. The van der Waals surface area contributed by atoms with E-state index in [4.69, 9.17) is 14.7 Å². The summed E-state index contributed by atoms with van der Waals surface area (Å²) in [5.74, 6) is -3.40. The van der Waals surface area contributed by atoms with Crippen LogP contribution in [0, 0.1) is 17.2 Å². The van der Waals surface area contributed by atoms with Crippen LogP contribution in [-0.4, -0.2) is 11.9 Å². The highest BCUT2D eigenvalue weighted by Gasteiger charge is 2.29. The zero-order valence-electron chi connectivity index (χ0n) is 12.3. The van der Waals surface area contributed by atoms with Gasteiger partial charge in [0.05, 0.1) is 6.07 Å². The molecular formula is C18H15NO4. The first-order valence-electron chi connectivity index (χ1n) is 7.01. The molecular weight excluding hydrogens is 294 g/mol. The molecule has 0 aliphatic rings. The third kappa shape index (κ3) is 4.97. The van der Waals surface area contributed by atoms with Crippen LogP contribution in [-0.2, 0) is 32.3 Å². The molecule has 2 rings (SSSR count). The molecule has 0 fully saturated rings. The molecule has 0 radical (unpaired) electrons. The van der Waals surface area contributed by atoms with E-state index < -0.39 is 17.9 Å². The Balaban J connectivity index is 1.86. The van der Waals surface area contributed by atoms with Crippen molar-refractivity contribution in [3.05, 3.63) is 71.8 Å². The number of nitriles is 1. The lowest BCUT2D eigenvalue weighted by molar-refractivity contribution is -0.160. The van der Waals surface area contributed by atoms with Crippen LogP contribution in [0.4, 0.5) is 0 Å². The van der Waals surface area contributed by atoms with Gasteiger partial charge in [-0.15, -0.1) is 0 Å². The lowest BCUT2D eigenvalue weighted by atomic mass is 10.2. The molecule has 2 aromatic carbocycles. The maximum atomic E-state index is 11.9. The summed E-state index contributed by atoms with van der Waals surface area (Å²) >= 11 is 0. The highest BCUT2D eigenvalue weighted by molar-refractivity contribution is 5.97. The van der Waals surface area contributed by atoms with Crippen molar-refractivity contribution in [1.29, 1.82) is 5.26 Å². The van der Waals surface area contributed by atoms with Crippen LogP contribution in [0.15, 0.2) is 60.7 Å². The van der Waals surface area contributed by atoms with Crippen molar-refractivity contribution in [1.82, 2.24) is 0 Å². The third-order valence-corrected chi connectivity index (χ3v) is 3.05. The SMILES string of the molecule is N#CC(C(=O)OCc1ccccc1)C(=O)OCc1ccccc1. The van der Waals surface area contributed by atoms with Gasteiger partial charge < -0.3 is 9.47 Å². The summed E-state index contributed by atoms with van der Waals surface area (Å²) in [6.45, 7) is 0.00758. The predicted molar refractivity (Wildman–Crippen MR) is 81.6 cm³/mol. The van der Waals surface area contributed by atoms with Gasteiger partial charge in [0.2, 0.25) is 5.92 Å². The molecule has 0 bridgehead atoms. The van der Waals surface area contributed by atoms with E-state index in [-0.39, 0.29) is 13.2 Å². The van der Waals surface area contributed by atoms with Crippen LogP contribution in [0.1, 0.15) is 11.1 Å². The second-order valence-electron chi connectivity index (χ2n) is 4.75. The molecule has 23 heavy (non-hydrogen) atoms. The van der Waals surface area contributed by atoms with Crippen LogP contribution in [0.3, 0.4) is 0 Å². The van der Waals surface area contributed by atoms with E-state index in [9.17, 15) is 9.59 Å². The Morgan fingerprint density at radius 1 is 0.826 bits per heavy atom. The van der Waals surface area contributed by atoms with Crippen molar-refractivity contribution in [2.45, 2.75) is 13.2 Å². The fourth-order valence-electron chi connectivity index (χ4n) is 1.83. The quantitative estimate of drug-likeness (QED) is 0.605. The van der Waals surface area contributed by atoms with Gasteiger partial charge in [0, 0.05) is 0 Å². The Morgan fingerprint density at radius 2 is 1.22 bits per heavy atom. The summed E-state index contributed by atoms with van der Waals surface area (Å²) in [4.78, 5) is 23.7. The summed E-state index contributed by atoms with van der Waals surface area (Å²) < 4.78 is 9.98. The molecule has 116 valence electrons. The normalized spacial score (nSPS) is 9.91. The van der Waals surface area contributed by atoms with Crippen LogP contribution in [0.5, 0.6) is 0 Å². The first-order valence-corrected chi connectivity index (χ1v) is 7.01. The summed E-state index contributed by atoms with van der Waals surface area (Å²) in [6.07, 6.45) is 0. The molecule has 0 saturated heterocycles. The zero-order valence-corrected chi connectivity index (χ0v) is 12.3. The van der Waals surface area contributed by atoms with E-state index in [0.29, 0.717) is 0 Å². The van der Waals surface area contributed by atoms with E-state index in [1.54, 1.807) is 54.6 Å². The fraction of sp³-hybridized carbons (Fsp3) is 0.167. The number of hydrogen-bond donors (Lipinski definition) is 0. The van der Waals surface area contributed by atoms with Crippen molar-refractivity contribution in [2.75, 3.05) is 0 Å². The minimum atomic E-state index is -1.58. The van der Waals surface area contributed by atoms with E-state index in [2.05, 4.69) is 0 Å². The Kier molecular flexibility index (Phi) is 5.89. The Morgan fingerprint density at radius 3 is 1.57 bits per heavy atom. The maximum absolute atomic E-state index is 11.9. The highest BCUT2D eigenvalue weighted by atomic mass is 16.6. The monoisotopic (exact) mass is 309 g/mol. The van der Waals surface area contributed by atoms with Crippen LogP contribution >= 0.6 is 0 Å². The molecule has 0 aromatic heterocycles. The zero-order chi connectivity index (χ0) is 16.5. The molecule has 5 heteroatoms. The Hall–Kier alpha value is -3.13. The van der Waals surface area contributed by atoms with Crippen molar-refractivity contribution in [2.24, 2.45) is 5.92 Å². The summed E-state index contributed by atoms with van der Waals surface area (Å²) in [7, 11) is 0. The molecule has 0 amide bonds. The molecule has 0 aliphatic heterocycles. The van der Waals surface area contributed by atoms with Gasteiger partial charge in [-0.25, -0.2) is 9.59 Å². The van der Waals surface area contributed by atoms with Gasteiger partial charge in [-0.3, -0.25) is 0 Å². The van der Waals surface area contributed by atoms with Gasteiger partial charge in [-0.05, 0) is 11.1 Å². The molecule has 0 aliphatic carbocycles. The first-order chi connectivity index (χ1) is 11.2. The predicted octanol–water partition coefficient (Wildman–Crippen LogP) is 2.61. The number of ether oxygens (including phenoxy) is 2. The lowest BCUT2D eigenvalue weighted by Gasteiger charge is -2.10. The van der Waals surface area contributed by atoms with Crippen LogP contribution < -0.4 is 0 Å². The Labute approximate surface area is 134 Å². The minimum absolute atomic E-state index is 0.00379. The molecule has 5 nitrogen and oxygen atoms in total.